The van der Waals surface area contributed by atoms with Gasteiger partial charge in [-0.25, -0.2) is 9.78 Å². The third kappa shape index (κ3) is 2.07. The second-order valence-corrected chi connectivity index (χ2v) is 4.78. The number of carboxylic acid groups (broad SMARTS) is 1. The summed E-state index contributed by atoms with van der Waals surface area (Å²) in [5.74, 6) is 0.0908. The molecule has 19 heavy (non-hydrogen) atoms. The van der Waals surface area contributed by atoms with Crippen LogP contribution in [-0.4, -0.2) is 27.2 Å². The highest BCUT2D eigenvalue weighted by atomic mass is 16.4. The van der Waals surface area contributed by atoms with Gasteiger partial charge in [0.15, 0.2) is 0 Å². The van der Waals surface area contributed by atoms with Crippen molar-refractivity contribution in [2.75, 3.05) is 11.4 Å². The zero-order valence-electron chi connectivity index (χ0n) is 10.7. The van der Waals surface area contributed by atoms with E-state index in [0.717, 1.165) is 30.2 Å². The molecule has 2 heterocycles. The number of hydrogen-bond donors (Lipinski definition) is 1. The van der Waals surface area contributed by atoms with E-state index >= 15 is 0 Å². The Morgan fingerprint density at radius 2 is 2.21 bits per heavy atom. The van der Waals surface area contributed by atoms with Crippen molar-refractivity contribution in [3.63, 3.8) is 0 Å². The number of rotatable bonds is 2. The SMILES string of the molecule is Cc1ccc(C(=O)O)c(N2CCn3ccnc3C2)c1. The molecule has 0 spiro atoms. The van der Waals surface area contributed by atoms with Crippen LogP contribution in [0.5, 0.6) is 0 Å². The number of imidazole rings is 1. The highest BCUT2D eigenvalue weighted by Crippen LogP contribution is 2.25. The number of fused-ring (bicyclic) bond motifs is 1. The van der Waals surface area contributed by atoms with E-state index in [1.54, 1.807) is 12.3 Å². The van der Waals surface area contributed by atoms with Crippen molar-refractivity contribution in [3.05, 3.63) is 47.5 Å². The first-order chi connectivity index (χ1) is 9.15. The van der Waals surface area contributed by atoms with Crippen LogP contribution in [-0.2, 0) is 13.1 Å². The van der Waals surface area contributed by atoms with E-state index in [2.05, 4.69) is 14.5 Å². The van der Waals surface area contributed by atoms with E-state index in [9.17, 15) is 9.90 Å². The van der Waals surface area contributed by atoms with E-state index < -0.39 is 5.97 Å². The molecule has 0 atom stereocenters. The van der Waals surface area contributed by atoms with Crippen molar-refractivity contribution in [1.82, 2.24) is 9.55 Å². The van der Waals surface area contributed by atoms with Crippen LogP contribution in [0.2, 0.25) is 0 Å². The Hall–Kier alpha value is -2.30. The lowest BCUT2D eigenvalue weighted by Gasteiger charge is -2.30. The minimum absolute atomic E-state index is 0.352. The maximum Gasteiger partial charge on any atom is 0.337 e. The Balaban J connectivity index is 1.99. The summed E-state index contributed by atoms with van der Waals surface area (Å²) in [4.78, 5) is 17.7. The molecule has 0 aliphatic carbocycles. The summed E-state index contributed by atoms with van der Waals surface area (Å²) >= 11 is 0. The van der Waals surface area contributed by atoms with Crippen LogP contribution >= 0.6 is 0 Å². The van der Waals surface area contributed by atoms with Crippen molar-refractivity contribution in [1.29, 1.82) is 0 Å². The predicted molar refractivity (Wildman–Crippen MR) is 71.4 cm³/mol. The molecule has 0 saturated carbocycles. The number of hydrogen-bond acceptors (Lipinski definition) is 3. The predicted octanol–water partition coefficient (Wildman–Crippen LogP) is 1.91. The number of aromatic nitrogens is 2. The molecule has 1 aromatic carbocycles. The summed E-state index contributed by atoms with van der Waals surface area (Å²) in [6.45, 7) is 4.26. The fraction of sp³-hybridized carbons (Fsp3) is 0.286. The van der Waals surface area contributed by atoms with Gasteiger partial charge in [0.25, 0.3) is 0 Å². The molecular weight excluding hydrogens is 242 g/mol. The van der Waals surface area contributed by atoms with Gasteiger partial charge in [0, 0.05) is 25.5 Å². The lowest BCUT2D eigenvalue weighted by atomic mass is 10.1. The topological polar surface area (TPSA) is 58.4 Å². The third-order valence-electron chi connectivity index (χ3n) is 3.47. The summed E-state index contributed by atoms with van der Waals surface area (Å²) in [5.41, 5.74) is 2.20. The van der Waals surface area contributed by atoms with Crippen LogP contribution in [0.25, 0.3) is 0 Å². The number of anilines is 1. The zero-order valence-corrected chi connectivity index (χ0v) is 10.7. The average Bonchev–Trinajstić information content (AvgIpc) is 2.85. The molecule has 0 amide bonds. The number of aromatic carboxylic acids is 1. The normalized spacial score (nSPS) is 14.3. The van der Waals surface area contributed by atoms with Crippen LogP contribution < -0.4 is 4.90 Å². The fourth-order valence-corrected chi connectivity index (χ4v) is 2.46. The van der Waals surface area contributed by atoms with Crippen molar-refractivity contribution < 1.29 is 9.90 Å². The Bertz CT molecular complexity index is 633. The molecule has 5 heteroatoms. The van der Waals surface area contributed by atoms with E-state index in [1.165, 1.54) is 0 Å². The van der Waals surface area contributed by atoms with Crippen molar-refractivity contribution in [3.8, 4) is 0 Å². The molecule has 0 saturated heterocycles. The first-order valence-electron chi connectivity index (χ1n) is 6.24. The zero-order chi connectivity index (χ0) is 13.4. The quantitative estimate of drug-likeness (QED) is 0.892. The van der Waals surface area contributed by atoms with Gasteiger partial charge in [-0.2, -0.15) is 0 Å². The molecule has 0 radical (unpaired) electrons. The van der Waals surface area contributed by atoms with Gasteiger partial charge in [-0.1, -0.05) is 6.07 Å². The van der Waals surface area contributed by atoms with Gasteiger partial charge in [0.05, 0.1) is 17.8 Å². The van der Waals surface area contributed by atoms with Crippen LogP contribution in [0, 0.1) is 6.92 Å². The monoisotopic (exact) mass is 257 g/mol. The standard InChI is InChI=1S/C14H15N3O2/c1-10-2-3-11(14(18)19)12(8-10)17-7-6-16-5-4-15-13(16)9-17/h2-5,8H,6-7,9H2,1H3,(H,18,19). The summed E-state index contributed by atoms with van der Waals surface area (Å²) < 4.78 is 2.10. The molecule has 5 nitrogen and oxygen atoms in total. The Kier molecular flexibility index (Phi) is 2.74. The highest BCUT2D eigenvalue weighted by molar-refractivity contribution is 5.94. The van der Waals surface area contributed by atoms with Crippen LogP contribution in [0.15, 0.2) is 30.6 Å². The molecule has 0 unspecified atom stereocenters. The number of aryl methyl sites for hydroxylation is 1. The second-order valence-electron chi connectivity index (χ2n) is 4.78. The minimum Gasteiger partial charge on any atom is -0.478 e. The summed E-state index contributed by atoms with van der Waals surface area (Å²) in [5, 5.41) is 9.29. The maximum atomic E-state index is 11.3. The van der Waals surface area contributed by atoms with Gasteiger partial charge < -0.3 is 14.6 Å². The van der Waals surface area contributed by atoms with Gasteiger partial charge in [0.1, 0.15) is 5.82 Å². The summed E-state index contributed by atoms with van der Waals surface area (Å²) in [7, 11) is 0. The molecule has 1 aliphatic rings. The van der Waals surface area contributed by atoms with Gasteiger partial charge >= 0.3 is 5.97 Å². The van der Waals surface area contributed by atoms with Gasteiger partial charge in [-0.3, -0.25) is 0 Å². The van der Waals surface area contributed by atoms with E-state index in [4.69, 9.17) is 0 Å². The van der Waals surface area contributed by atoms with Crippen molar-refractivity contribution in [2.24, 2.45) is 0 Å². The minimum atomic E-state index is -0.885. The average molecular weight is 257 g/mol. The van der Waals surface area contributed by atoms with Gasteiger partial charge in [-0.05, 0) is 24.6 Å². The lowest BCUT2D eigenvalue weighted by Crippen LogP contribution is -2.34. The molecule has 1 N–H and O–H groups in total. The smallest absolute Gasteiger partial charge is 0.337 e. The first-order valence-corrected chi connectivity index (χ1v) is 6.24. The molecule has 1 aromatic heterocycles. The van der Waals surface area contributed by atoms with Gasteiger partial charge in [-0.15, -0.1) is 0 Å². The number of carboxylic acids is 1. The number of benzene rings is 1. The Morgan fingerprint density at radius 1 is 1.37 bits per heavy atom. The molecule has 2 aromatic rings. The third-order valence-corrected chi connectivity index (χ3v) is 3.47. The van der Waals surface area contributed by atoms with Crippen LogP contribution in [0.3, 0.4) is 0 Å². The molecule has 0 bridgehead atoms. The Morgan fingerprint density at radius 3 is 3.00 bits per heavy atom. The van der Waals surface area contributed by atoms with E-state index in [0.29, 0.717) is 12.1 Å². The lowest BCUT2D eigenvalue weighted by molar-refractivity contribution is 0.0697. The van der Waals surface area contributed by atoms with Gasteiger partial charge in [0.2, 0.25) is 0 Å². The van der Waals surface area contributed by atoms with Crippen LogP contribution in [0.4, 0.5) is 5.69 Å². The second kappa shape index (κ2) is 4.42. The van der Waals surface area contributed by atoms with Crippen LogP contribution in [0.1, 0.15) is 21.7 Å². The summed E-state index contributed by atoms with van der Waals surface area (Å²) in [6, 6.07) is 5.44. The Labute approximate surface area is 111 Å². The largest absolute Gasteiger partial charge is 0.478 e. The van der Waals surface area contributed by atoms with E-state index in [-0.39, 0.29) is 0 Å². The molecule has 98 valence electrons. The number of nitrogens with zero attached hydrogens (tertiary/aromatic N) is 3. The molecule has 0 fully saturated rings. The molecule has 3 rings (SSSR count). The maximum absolute atomic E-state index is 11.3. The van der Waals surface area contributed by atoms with Crippen molar-refractivity contribution in [2.45, 2.75) is 20.0 Å². The number of carbonyl (C=O) groups is 1. The first kappa shape index (κ1) is 11.8. The van der Waals surface area contributed by atoms with Crippen molar-refractivity contribution >= 4 is 11.7 Å². The summed E-state index contributed by atoms with van der Waals surface area (Å²) in [6.07, 6.45) is 3.74. The fourth-order valence-electron chi connectivity index (χ4n) is 2.46. The van der Waals surface area contributed by atoms with E-state index in [1.807, 2.05) is 25.3 Å². The highest BCUT2D eigenvalue weighted by Gasteiger charge is 2.21. The molecule has 1 aliphatic heterocycles. The molecular formula is C14H15N3O2.